The smallest absolute Gasteiger partial charge is 0.367 e. The van der Waals surface area contributed by atoms with Crippen molar-refractivity contribution in [2.24, 2.45) is 0 Å². The summed E-state index contributed by atoms with van der Waals surface area (Å²) in [6.45, 7) is 5.46. The number of nitrogens with zero attached hydrogens (tertiary/aromatic N) is 4. The van der Waals surface area contributed by atoms with Crippen molar-refractivity contribution in [1.29, 1.82) is 0 Å². The lowest BCUT2D eigenvalue weighted by atomic mass is 9.97. The van der Waals surface area contributed by atoms with Crippen LogP contribution >= 0.6 is 11.8 Å². The molecule has 1 fully saturated rings. The Morgan fingerprint density at radius 3 is 2.69 bits per heavy atom. The van der Waals surface area contributed by atoms with Crippen molar-refractivity contribution in [3.63, 3.8) is 0 Å². The van der Waals surface area contributed by atoms with Crippen molar-refractivity contribution < 1.29 is 9.53 Å². The number of fused-ring (bicyclic) bond motifs is 1. The lowest BCUT2D eigenvalue weighted by molar-refractivity contribution is -0.113. The van der Waals surface area contributed by atoms with Gasteiger partial charge in [0.1, 0.15) is 10.8 Å². The molecule has 0 bridgehead atoms. The topological polar surface area (TPSA) is 79.7 Å². The second-order valence-electron chi connectivity index (χ2n) is 8.44. The molecule has 9 heteroatoms. The number of hydrogen-bond donors (Lipinski definition) is 1. The Morgan fingerprint density at radius 2 is 1.94 bits per heavy atom. The molecule has 1 amide bonds. The summed E-state index contributed by atoms with van der Waals surface area (Å²) in [4.78, 5) is 32.4. The predicted octanol–water partition coefficient (Wildman–Crippen LogP) is 2.05. The van der Waals surface area contributed by atoms with Crippen LogP contribution in [-0.4, -0.2) is 66.6 Å². The van der Waals surface area contributed by atoms with Crippen molar-refractivity contribution in [2.75, 3.05) is 56.4 Å². The number of methoxy groups -OCH3 is 1. The number of piperazine rings is 1. The van der Waals surface area contributed by atoms with Crippen LogP contribution in [-0.2, 0) is 17.6 Å². The average molecular weight is 458 g/mol. The zero-order valence-corrected chi connectivity index (χ0v) is 19.8. The van der Waals surface area contributed by atoms with Crippen LogP contribution in [0, 0.1) is 6.92 Å². The van der Waals surface area contributed by atoms with Crippen LogP contribution in [0.1, 0.15) is 29.7 Å². The first-order valence-corrected chi connectivity index (χ1v) is 12.1. The van der Waals surface area contributed by atoms with Crippen LogP contribution in [0.4, 0.5) is 5.69 Å². The summed E-state index contributed by atoms with van der Waals surface area (Å²) in [6, 6.07) is 5.67. The van der Waals surface area contributed by atoms with Gasteiger partial charge in [0.2, 0.25) is 5.91 Å². The van der Waals surface area contributed by atoms with Gasteiger partial charge in [0.15, 0.2) is 0 Å². The number of carbonyl (C=O) groups excluding carboxylic acids is 1. The third-order valence-electron chi connectivity index (χ3n) is 6.06. The molecule has 0 radical (unpaired) electrons. The first kappa shape index (κ1) is 22.7. The lowest BCUT2D eigenvalue weighted by Crippen LogP contribution is -2.54. The molecule has 172 valence electrons. The normalized spacial score (nSPS) is 16.5. The highest BCUT2D eigenvalue weighted by Gasteiger charge is 2.25. The van der Waals surface area contributed by atoms with Crippen LogP contribution in [0.5, 0.6) is 5.75 Å². The molecule has 4 rings (SSSR count). The Hall–Kier alpha value is -2.52. The standard InChI is InChI=1S/C23H31N5O3S/c1-16-8-9-20(31-3)18(14-16)24-21(29)15-32-22-17-6-4-5-7-19(17)28(23(30)25-22)27-12-10-26(2)11-13-27/h8-9,14H,4-7,10-13,15H2,1-3H3,(H,24,29). The van der Waals surface area contributed by atoms with Crippen LogP contribution < -0.4 is 20.8 Å². The number of ether oxygens (including phenoxy) is 1. The van der Waals surface area contributed by atoms with Crippen molar-refractivity contribution >= 4 is 23.4 Å². The minimum Gasteiger partial charge on any atom is -0.495 e. The van der Waals surface area contributed by atoms with Gasteiger partial charge in [-0.2, -0.15) is 4.98 Å². The Kier molecular flexibility index (Phi) is 7.05. The largest absolute Gasteiger partial charge is 0.495 e. The summed E-state index contributed by atoms with van der Waals surface area (Å²) in [7, 11) is 3.69. The summed E-state index contributed by atoms with van der Waals surface area (Å²) in [5.41, 5.74) is 3.65. The summed E-state index contributed by atoms with van der Waals surface area (Å²) in [5.74, 6) is 0.668. The molecule has 0 saturated carbocycles. The quantitative estimate of drug-likeness (QED) is 0.525. The van der Waals surface area contributed by atoms with E-state index in [0.717, 1.165) is 68.7 Å². The molecule has 1 N–H and O–H groups in total. The molecule has 2 heterocycles. The van der Waals surface area contributed by atoms with E-state index in [1.54, 1.807) is 7.11 Å². The lowest BCUT2D eigenvalue weighted by Gasteiger charge is -2.37. The second-order valence-corrected chi connectivity index (χ2v) is 9.41. The number of anilines is 1. The van der Waals surface area contributed by atoms with Crippen LogP contribution in [0.15, 0.2) is 28.0 Å². The summed E-state index contributed by atoms with van der Waals surface area (Å²) in [6.07, 6.45) is 3.92. The minimum absolute atomic E-state index is 0.145. The van der Waals surface area contributed by atoms with E-state index in [2.05, 4.69) is 27.3 Å². The first-order chi connectivity index (χ1) is 15.5. The fourth-order valence-electron chi connectivity index (χ4n) is 4.32. The molecule has 32 heavy (non-hydrogen) atoms. The maximum Gasteiger partial charge on any atom is 0.367 e. The second kappa shape index (κ2) is 9.95. The molecule has 0 unspecified atom stereocenters. The van der Waals surface area contributed by atoms with Crippen LogP contribution in [0.25, 0.3) is 0 Å². The van der Waals surface area contributed by atoms with E-state index >= 15 is 0 Å². The van der Waals surface area contributed by atoms with Gasteiger partial charge in [-0.15, -0.1) is 0 Å². The number of benzene rings is 1. The number of likely N-dealkylation sites (N-methyl/N-ethyl adjacent to an activating group) is 1. The van der Waals surface area contributed by atoms with Gasteiger partial charge in [-0.25, -0.2) is 9.47 Å². The van der Waals surface area contributed by atoms with Gasteiger partial charge >= 0.3 is 5.69 Å². The molecular formula is C23H31N5O3S. The number of rotatable bonds is 6. The van der Waals surface area contributed by atoms with Gasteiger partial charge < -0.3 is 20.0 Å². The number of aryl methyl sites for hydroxylation is 1. The Labute approximate surface area is 192 Å². The Morgan fingerprint density at radius 1 is 1.19 bits per heavy atom. The number of thioether (sulfide) groups is 1. The monoisotopic (exact) mass is 457 g/mol. The molecule has 1 saturated heterocycles. The van der Waals surface area contributed by atoms with E-state index in [9.17, 15) is 9.59 Å². The fourth-order valence-corrected chi connectivity index (χ4v) is 5.19. The van der Waals surface area contributed by atoms with Crippen LogP contribution in [0.2, 0.25) is 0 Å². The van der Waals surface area contributed by atoms with Crippen molar-refractivity contribution in [1.82, 2.24) is 14.6 Å². The maximum absolute atomic E-state index is 13.0. The van der Waals surface area contributed by atoms with Gasteiger partial charge in [-0.1, -0.05) is 17.8 Å². The number of nitrogens with one attached hydrogen (secondary N) is 1. The number of hydrogen-bond acceptors (Lipinski definition) is 7. The van der Waals surface area contributed by atoms with Crippen molar-refractivity contribution in [2.45, 2.75) is 37.6 Å². The van der Waals surface area contributed by atoms with Crippen molar-refractivity contribution in [3.05, 3.63) is 45.5 Å². The fraction of sp³-hybridized carbons (Fsp3) is 0.522. The first-order valence-electron chi connectivity index (χ1n) is 11.1. The molecule has 2 aromatic rings. The highest BCUT2D eigenvalue weighted by atomic mass is 32.2. The van der Waals surface area contributed by atoms with Crippen LogP contribution in [0.3, 0.4) is 0 Å². The molecule has 2 aliphatic rings. The van der Waals surface area contributed by atoms with Gasteiger partial charge in [-0.05, 0) is 57.4 Å². The summed E-state index contributed by atoms with van der Waals surface area (Å²) >= 11 is 1.35. The van der Waals surface area contributed by atoms with Gasteiger partial charge in [0, 0.05) is 31.7 Å². The maximum atomic E-state index is 13.0. The molecule has 0 atom stereocenters. The molecule has 1 aliphatic carbocycles. The number of aromatic nitrogens is 2. The summed E-state index contributed by atoms with van der Waals surface area (Å²) in [5, 5.41) is 5.75. The zero-order chi connectivity index (χ0) is 22.7. The Balaban J connectivity index is 1.52. The molecule has 1 aromatic carbocycles. The molecule has 0 spiro atoms. The Bertz CT molecular complexity index is 1050. The van der Waals surface area contributed by atoms with E-state index in [0.29, 0.717) is 16.5 Å². The number of carbonyl (C=O) groups is 1. The van der Waals surface area contributed by atoms with E-state index in [1.807, 2.05) is 29.8 Å². The molecule has 8 nitrogen and oxygen atoms in total. The zero-order valence-electron chi connectivity index (χ0n) is 19.0. The highest BCUT2D eigenvalue weighted by Crippen LogP contribution is 2.30. The average Bonchev–Trinajstić information content (AvgIpc) is 2.78. The van der Waals surface area contributed by atoms with E-state index in [4.69, 9.17) is 4.74 Å². The molecule has 1 aliphatic heterocycles. The van der Waals surface area contributed by atoms with E-state index in [1.165, 1.54) is 11.8 Å². The van der Waals surface area contributed by atoms with Gasteiger partial charge in [0.05, 0.1) is 24.2 Å². The molecule has 1 aromatic heterocycles. The van der Waals surface area contributed by atoms with Gasteiger partial charge in [0.25, 0.3) is 0 Å². The van der Waals surface area contributed by atoms with Gasteiger partial charge in [-0.3, -0.25) is 4.79 Å². The number of amides is 1. The highest BCUT2D eigenvalue weighted by molar-refractivity contribution is 8.00. The minimum atomic E-state index is -0.238. The third-order valence-corrected chi connectivity index (χ3v) is 7.08. The van der Waals surface area contributed by atoms with Crippen molar-refractivity contribution in [3.8, 4) is 5.75 Å². The summed E-state index contributed by atoms with van der Waals surface area (Å²) < 4.78 is 7.15. The third kappa shape index (κ3) is 4.94. The predicted molar refractivity (Wildman–Crippen MR) is 128 cm³/mol. The van der Waals surface area contributed by atoms with E-state index < -0.39 is 0 Å². The SMILES string of the molecule is COc1ccc(C)cc1NC(=O)CSc1nc(=O)n(N2CCN(C)CC2)c2c1CCCC2. The molecular weight excluding hydrogens is 426 g/mol. The van der Waals surface area contributed by atoms with E-state index in [-0.39, 0.29) is 17.3 Å².